The van der Waals surface area contributed by atoms with E-state index < -0.39 is 0 Å². The van der Waals surface area contributed by atoms with Crippen LogP contribution in [-0.2, 0) is 6.42 Å². The molecule has 17 heavy (non-hydrogen) atoms. The Morgan fingerprint density at radius 1 is 1.29 bits per heavy atom. The van der Waals surface area contributed by atoms with Gasteiger partial charge in [0.15, 0.2) is 6.29 Å². The molecule has 2 heterocycles. The predicted octanol–water partition coefficient (Wildman–Crippen LogP) is 1.65. The van der Waals surface area contributed by atoms with Gasteiger partial charge in [-0.25, -0.2) is 14.6 Å². The lowest BCUT2D eigenvalue weighted by Gasteiger charge is -2.02. The summed E-state index contributed by atoms with van der Waals surface area (Å²) >= 11 is 0. The third-order valence-electron chi connectivity index (χ3n) is 2.78. The number of carbonyl (C=O) groups excluding carboxylic acids is 1. The first-order chi connectivity index (χ1) is 8.17. The highest BCUT2D eigenvalue weighted by atomic mass is 16.1. The number of carbonyl (C=O) groups is 1. The smallest absolute Gasteiger partial charge is 0.250 e. The molecule has 2 aromatic heterocycles. The SMILES string of the molecule is CCc1c(C)nn(-c2ncc(C=O)cn2)c1C. The maximum atomic E-state index is 10.5. The van der Waals surface area contributed by atoms with Crippen molar-refractivity contribution in [3.63, 3.8) is 0 Å². The van der Waals surface area contributed by atoms with Crippen molar-refractivity contribution in [3.8, 4) is 5.95 Å². The zero-order valence-corrected chi connectivity index (χ0v) is 10.1. The molecule has 0 fully saturated rings. The summed E-state index contributed by atoms with van der Waals surface area (Å²) in [6, 6.07) is 0. The van der Waals surface area contributed by atoms with Crippen molar-refractivity contribution in [2.75, 3.05) is 0 Å². The van der Waals surface area contributed by atoms with E-state index in [0.29, 0.717) is 11.5 Å². The topological polar surface area (TPSA) is 60.7 Å². The van der Waals surface area contributed by atoms with Gasteiger partial charge < -0.3 is 0 Å². The summed E-state index contributed by atoms with van der Waals surface area (Å²) in [5.74, 6) is 0.496. The minimum atomic E-state index is 0.464. The molecule has 0 atom stereocenters. The van der Waals surface area contributed by atoms with Gasteiger partial charge in [-0.05, 0) is 25.8 Å². The Labute approximate surface area is 99.5 Å². The van der Waals surface area contributed by atoms with Crippen LogP contribution >= 0.6 is 0 Å². The van der Waals surface area contributed by atoms with E-state index in [9.17, 15) is 4.79 Å². The van der Waals surface area contributed by atoms with E-state index in [4.69, 9.17) is 0 Å². The summed E-state index contributed by atoms with van der Waals surface area (Å²) in [5.41, 5.74) is 3.72. The molecule has 5 heteroatoms. The molecule has 0 aliphatic carbocycles. The second-order valence-corrected chi connectivity index (χ2v) is 3.85. The maximum absolute atomic E-state index is 10.5. The van der Waals surface area contributed by atoms with Crippen molar-refractivity contribution in [2.45, 2.75) is 27.2 Å². The quantitative estimate of drug-likeness (QED) is 0.752. The number of hydrogen-bond acceptors (Lipinski definition) is 4. The van der Waals surface area contributed by atoms with Gasteiger partial charge in [0.2, 0.25) is 0 Å². The summed E-state index contributed by atoms with van der Waals surface area (Å²) < 4.78 is 1.71. The maximum Gasteiger partial charge on any atom is 0.250 e. The lowest BCUT2D eigenvalue weighted by atomic mass is 10.1. The first kappa shape index (κ1) is 11.4. The average molecular weight is 230 g/mol. The number of aryl methyl sites for hydroxylation is 1. The zero-order chi connectivity index (χ0) is 12.4. The molecule has 0 saturated carbocycles. The molecule has 0 radical (unpaired) electrons. The molecular weight excluding hydrogens is 216 g/mol. The summed E-state index contributed by atoms with van der Waals surface area (Å²) in [7, 11) is 0. The normalized spacial score (nSPS) is 10.5. The first-order valence-electron chi connectivity index (χ1n) is 5.50. The number of aldehydes is 1. The molecule has 88 valence electrons. The Hall–Kier alpha value is -2.04. The summed E-state index contributed by atoms with van der Waals surface area (Å²) in [6.45, 7) is 6.07. The molecule has 0 saturated heterocycles. The predicted molar refractivity (Wildman–Crippen MR) is 63.4 cm³/mol. The van der Waals surface area contributed by atoms with Gasteiger partial charge in [0.25, 0.3) is 5.95 Å². The van der Waals surface area contributed by atoms with E-state index >= 15 is 0 Å². The Morgan fingerprint density at radius 3 is 2.41 bits per heavy atom. The Balaban J connectivity index is 2.49. The molecule has 0 aliphatic heterocycles. The Kier molecular flexibility index (Phi) is 2.99. The third-order valence-corrected chi connectivity index (χ3v) is 2.78. The molecule has 0 aromatic carbocycles. The van der Waals surface area contributed by atoms with Crippen LogP contribution in [0.2, 0.25) is 0 Å². The molecule has 0 aliphatic rings. The van der Waals surface area contributed by atoms with Gasteiger partial charge in [-0.2, -0.15) is 5.10 Å². The fraction of sp³-hybridized carbons (Fsp3) is 0.333. The molecule has 2 rings (SSSR count). The highest BCUT2D eigenvalue weighted by molar-refractivity contribution is 5.73. The lowest BCUT2D eigenvalue weighted by Crippen LogP contribution is -2.05. The monoisotopic (exact) mass is 230 g/mol. The van der Waals surface area contributed by atoms with Crippen molar-refractivity contribution in [1.82, 2.24) is 19.7 Å². The van der Waals surface area contributed by atoms with Gasteiger partial charge in [-0.3, -0.25) is 4.79 Å². The van der Waals surface area contributed by atoms with Gasteiger partial charge in [0.1, 0.15) is 0 Å². The molecular formula is C12H14N4O. The molecule has 0 unspecified atom stereocenters. The van der Waals surface area contributed by atoms with Gasteiger partial charge in [0.05, 0.1) is 11.3 Å². The second kappa shape index (κ2) is 4.45. The largest absolute Gasteiger partial charge is 0.298 e. The molecule has 5 nitrogen and oxygen atoms in total. The van der Waals surface area contributed by atoms with E-state index in [-0.39, 0.29) is 0 Å². The highest BCUT2D eigenvalue weighted by Gasteiger charge is 2.12. The number of hydrogen-bond donors (Lipinski definition) is 0. The zero-order valence-electron chi connectivity index (χ0n) is 10.1. The van der Waals surface area contributed by atoms with Crippen LogP contribution in [0.4, 0.5) is 0 Å². The van der Waals surface area contributed by atoms with Crippen LogP contribution in [0.25, 0.3) is 5.95 Å². The van der Waals surface area contributed by atoms with Crippen molar-refractivity contribution >= 4 is 6.29 Å². The minimum absolute atomic E-state index is 0.464. The van der Waals surface area contributed by atoms with Crippen LogP contribution in [0.5, 0.6) is 0 Å². The van der Waals surface area contributed by atoms with Crippen LogP contribution in [0.3, 0.4) is 0 Å². The van der Waals surface area contributed by atoms with Crippen molar-refractivity contribution in [2.24, 2.45) is 0 Å². The van der Waals surface area contributed by atoms with Gasteiger partial charge in [-0.15, -0.1) is 0 Å². The van der Waals surface area contributed by atoms with E-state index in [1.54, 1.807) is 4.68 Å². The number of nitrogens with zero attached hydrogens (tertiary/aromatic N) is 4. The third kappa shape index (κ3) is 1.95. The van der Waals surface area contributed by atoms with Crippen LogP contribution in [0, 0.1) is 13.8 Å². The van der Waals surface area contributed by atoms with Crippen LogP contribution in [-0.4, -0.2) is 26.0 Å². The highest BCUT2D eigenvalue weighted by Crippen LogP contribution is 2.15. The van der Waals surface area contributed by atoms with Gasteiger partial charge in [-0.1, -0.05) is 6.92 Å². The molecule has 2 aromatic rings. The second-order valence-electron chi connectivity index (χ2n) is 3.85. The van der Waals surface area contributed by atoms with Crippen molar-refractivity contribution in [3.05, 3.63) is 34.9 Å². The Morgan fingerprint density at radius 2 is 1.94 bits per heavy atom. The molecule has 0 amide bonds. The molecule has 0 N–H and O–H groups in total. The minimum Gasteiger partial charge on any atom is -0.298 e. The van der Waals surface area contributed by atoms with Crippen molar-refractivity contribution < 1.29 is 4.79 Å². The summed E-state index contributed by atoms with van der Waals surface area (Å²) in [5, 5.41) is 4.41. The van der Waals surface area contributed by atoms with Gasteiger partial charge >= 0.3 is 0 Å². The molecule has 0 bridgehead atoms. The van der Waals surface area contributed by atoms with E-state index in [0.717, 1.165) is 24.1 Å². The number of aromatic nitrogens is 4. The number of rotatable bonds is 3. The van der Waals surface area contributed by atoms with E-state index in [2.05, 4.69) is 22.0 Å². The average Bonchev–Trinajstić information content (AvgIpc) is 2.64. The molecule has 0 spiro atoms. The van der Waals surface area contributed by atoms with Crippen LogP contribution in [0.15, 0.2) is 12.4 Å². The standard InChI is InChI=1S/C12H14N4O/c1-4-11-8(2)15-16(9(11)3)12-13-5-10(7-17)6-14-12/h5-7H,4H2,1-3H3. The first-order valence-corrected chi connectivity index (χ1v) is 5.50. The lowest BCUT2D eigenvalue weighted by molar-refractivity contribution is 0.112. The van der Waals surface area contributed by atoms with Crippen molar-refractivity contribution in [1.29, 1.82) is 0 Å². The summed E-state index contributed by atoms with van der Waals surface area (Å²) in [4.78, 5) is 18.8. The van der Waals surface area contributed by atoms with Crippen LogP contribution in [0.1, 0.15) is 34.2 Å². The van der Waals surface area contributed by atoms with E-state index in [1.807, 2.05) is 13.8 Å². The fourth-order valence-corrected chi connectivity index (χ4v) is 1.88. The summed E-state index contributed by atoms with van der Waals surface area (Å²) in [6.07, 6.45) is 4.65. The van der Waals surface area contributed by atoms with Crippen LogP contribution < -0.4 is 0 Å². The Bertz CT molecular complexity index is 542. The fourth-order valence-electron chi connectivity index (χ4n) is 1.88. The van der Waals surface area contributed by atoms with E-state index in [1.165, 1.54) is 18.0 Å². The van der Waals surface area contributed by atoms with Gasteiger partial charge in [0, 0.05) is 18.1 Å².